The van der Waals surface area contributed by atoms with Gasteiger partial charge in [-0.3, -0.25) is 0 Å². The van der Waals surface area contributed by atoms with Gasteiger partial charge in [-0.05, 0) is 49.2 Å². The molecule has 0 aromatic heterocycles. The highest BCUT2D eigenvalue weighted by molar-refractivity contribution is 8.76. The third kappa shape index (κ3) is 3.27. The SMILES string of the molecule is Cc1ccc(SSc2ccc(C)c(F)c2)cc1F. The molecule has 2 aromatic carbocycles. The Balaban J connectivity index is 2.06. The molecule has 0 heterocycles. The molecule has 0 atom stereocenters. The molecule has 2 rings (SSSR count). The minimum Gasteiger partial charge on any atom is -0.207 e. The lowest BCUT2D eigenvalue weighted by atomic mass is 10.2. The van der Waals surface area contributed by atoms with Crippen LogP contribution < -0.4 is 0 Å². The van der Waals surface area contributed by atoms with Crippen molar-refractivity contribution >= 4 is 21.6 Å². The van der Waals surface area contributed by atoms with Gasteiger partial charge in [0.05, 0.1) is 0 Å². The van der Waals surface area contributed by atoms with Gasteiger partial charge in [-0.15, -0.1) is 0 Å². The maximum atomic E-state index is 13.3. The van der Waals surface area contributed by atoms with Crippen LogP contribution in [0.3, 0.4) is 0 Å². The van der Waals surface area contributed by atoms with Crippen molar-refractivity contribution in [2.45, 2.75) is 23.6 Å². The van der Waals surface area contributed by atoms with Crippen LogP contribution in [0.5, 0.6) is 0 Å². The second kappa shape index (κ2) is 5.76. The Labute approximate surface area is 113 Å². The average Bonchev–Trinajstić information content (AvgIpc) is 2.35. The molecule has 18 heavy (non-hydrogen) atoms. The molecular weight excluding hydrogens is 270 g/mol. The molecule has 0 aliphatic heterocycles. The molecule has 0 radical (unpaired) electrons. The standard InChI is InChI=1S/C14H12F2S2/c1-9-3-5-11(7-13(9)15)17-18-12-6-4-10(2)14(16)8-12/h3-8H,1-2H3. The van der Waals surface area contributed by atoms with Gasteiger partial charge in [0.25, 0.3) is 0 Å². The van der Waals surface area contributed by atoms with E-state index >= 15 is 0 Å². The van der Waals surface area contributed by atoms with Gasteiger partial charge in [0.1, 0.15) is 11.6 Å². The molecule has 2 aromatic rings. The van der Waals surface area contributed by atoms with E-state index in [1.165, 1.54) is 33.7 Å². The summed E-state index contributed by atoms with van der Waals surface area (Å²) in [6.45, 7) is 3.46. The highest BCUT2D eigenvalue weighted by Gasteiger charge is 2.03. The molecule has 0 nitrogen and oxygen atoms in total. The monoisotopic (exact) mass is 282 g/mol. The zero-order valence-corrected chi connectivity index (χ0v) is 11.7. The molecule has 0 saturated heterocycles. The van der Waals surface area contributed by atoms with Crippen LogP contribution in [0.1, 0.15) is 11.1 Å². The van der Waals surface area contributed by atoms with E-state index < -0.39 is 0 Å². The summed E-state index contributed by atoms with van der Waals surface area (Å²) < 4.78 is 26.7. The molecule has 0 aliphatic carbocycles. The van der Waals surface area contributed by atoms with E-state index in [2.05, 4.69) is 0 Å². The van der Waals surface area contributed by atoms with Crippen LogP contribution in [0.4, 0.5) is 8.78 Å². The van der Waals surface area contributed by atoms with Crippen LogP contribution in [0.25, 0.3) is 0 Å². The van der Waals surface area contributed by atoms with E-state index in [0.717, 1.165) is 9.79 Å². The highest BCUT2D eigenvalue weighted by atomic mass is 33.1. The van der Waals surface area contributed by atoms with Gasteiger partial charge in [-0.1, -0.05) is 33.7 Å². The minimum atomic E-state index is -0.212. The van der Waals surface area contributed by atoms with Gasteiger partial charge < -0.3 is 0 Å². The summed E-state index contributed by atoms with van der Waals surface area (Å²) in [6, 6.07) is 10.2. The fraction of sp³-hybridized carbons (Fsp3) is 0.143. The van der Waals surface area contributed by atoms with Crippen molar-refractivity contribution in [2.24, 2.45) is 0 Å². The Kier molecular flexibility index (Phi) is 4.30. The van der Waals surface area contributed by atoms with Crippen LogP contribution in [0.15, 0.2) is 46.2 Å². The highest BCUT2D eigenvalue weighted by Crippen LogP contribution is 2.38. The van der Waals surface area contributed by atoms with E-state index in [0.29, 0.717) is 11.1 Å². The van der Waals surface area contributed by atoms with Gasteiger partial charge in [0.2, 0.25) is 0 Å². The summed E-state index contributed by atoms with van der Waals surface area (Å²) in [6.07, 6.45) is 0. The van der Waals surface area contributed by atoms with Crippen LogP contribution in [0.2, 0.25) is 0 Å². The Morgan fingerprint density at radius 2 is 1.11 bits per heavy atom. The minimum absolute atomic E-state index is 0.212. The Morgan fingerprint density at radius 3 is 1.44 bits per heavy atom. The lowest BCUT2D eigenvalue weighted by Crippen LogP contribution is -1.82. The van der Waals surface area contributed by atoms with Crippen molar-refractivity contribution in [2.75, 3.05) is 0 Å². The molecule has 0 aliphatic rings. The number of aryl methyl sites for hydroxylation is 2. The first-order chi connectivity index (χ1) is 8.56. The number of rotatable bonds is 3. The molecule has 0 fully saturated rings. The van der Waals surface area contributed by atoms with Crippen molar-refractivity contribution < 1.29 is 8.78 Å². The van der Waals surface area contributed by atoms with E-state index in [-0.39, 0.29) is 11.6 Å². The fourth-order valence-corrected chi connectivity index (χ4v) is 3.29. The first kappa shape index (κ1) is 13.4. The van der Waals surface area contributed by atoms with Gasteiger partial charge >= 0.3 is 0 Å². The number of halogens is 2. The number of hydrogen-bond acceptors (Lipinski definition) is 2. The summed E-state index contributed by atoms with van der Waals surface area (Å²) in [5.41, 5.74) is 1.26. The van der Waals surface area contributed by atoms with Gasteiger partial charge in [0.15, 0.2) is 0 Å². The van der Waals surface area contributed by atoms with Crippen LogP contribution in [0, 0.1) is 25.5 Å². The first-order valence-corrected chi connectivity index (χ1v) is 7.58. The molecule has 0 spiro atoms. The molecule has 0 amide bonds. The lowest BCUT2D eigenvalue weighted by molar-refractivity contribution is 0.614. The van der Waals surface area contributed by atoms with Gasteiger partial charge in [0, 0.05) is 9.79 Å². The second-order valence-corrected chi connectivity index (χ2v) is 6.26. The van der Waals surface area contributed by atoms with Crippen LogP contribution in [-0.2, 0) is 0 Å². The quantitative estimate of drug-likeness (QED) is 0.693. The second-order valence-electron chi connectivity index (χ2n) is 3.99. The summed E-state index contributed by atoms with van der Waals surface area (Å²) in [7, 11) is 2.84. The fourth-order valence-electron chi connectivity index (χ4n) is 1.35. The Hall–Kier alpha value is -1.00. The van der Waals surface area contributed by atoms with E-state index in [9.17, 15) is 8.78 Å². The van der Waals surface area contributed by atoms with Gasteiger partial charge in [-0.25, -0.2) is 8.78 Å². The van der Waals surface area contributed by atoms with Crippen LogP contribution >= 0.6 is 21.6 Å². The van der Waals surface area contributed by atoms with E-state index in [1.54, 1.807) is 26.0 Å². The van der Waals surface area contributed by atoms with Gasteiger partial charge in [-0.2, -0.15) is 0 Å². The molecular formula is C14H12F2S2. The van der Waals surface area contributed by atoms with Crippen molar-refractivity contribution in [1.82, 2.24) is 0 Å². The summed E-state index contributed by atoms with van der Waals surface area (Å²) in [5, 5.41) is 0. The van der Waals surface area contributed by atoms with E-state index in [1.807, 2.05) is 12.1 Å². The normalized spacial score (nSPS) is 10.7. The zero-order valence-electron chi connectivity index (χ0n) is 10.0. The van der Waals surface area contributed by atoms with Crippen molar-refractivity contribution in [1.29, 1.82) is 0 Å². The topological polar surface area (TPSA) is 0 Å². The Bertz CT molecular complexity index is 516. The average molecular weight is 282 g/mol. The predicted octanol–water partition coefficient (Wildman–Crippen LogP) is 5.38. The van der Waals surface area contributed by atoms with Crippen molar-refractivity contribution in [3.63, 3.8) is 0 Å². The molecule has 0 unspecified atom stereocenters. The molecule has 0 N–H and O–H groups in total. The molecule has 94 valence electrons. The first-order valence-electron chi connectivity index (χ1n) is 5.43. The summed E-state index contributed by atoms with van der Waals surface area (Å²) in [4.78, 5) is 1.65. The maximum absolute atomic E-state index is 13.3. The van der Waals surface area contributed by atoms with Crippen molar-refractivity contribution in [3.05, 3.63) is 59.2 Å². The molecule has 4 heteroatoms. The largest absolute Gasteiger partial charge is 0.207 e. The summed E-state index contributed by atoms with van der Waals surface area (Å²) >= 11 is 0. The van der Waals surface area contributed by atoms with E-state index in [4.69, 9.17) is 0 Å². The molecule has 0 bridgehead atoms. The Morgan fingerprint density at radius 1 is 0.722 bits per heavy atom. The number of benzene rings is 2. The van der Waals surface area contributed by atoms with Crippen molar-refractivity contribution in [3.8, 4) is 0 Å². The lowest BCUT2D eigenvalue weighted by Gasteiger charge is -2.04. The molecule has 0 saturated carbocycles. The third-order valence-corrected chi connectivity index (χ3v) is 4.90. The predicted molar refractivity (Wildman–Crippen MR) is 74.0 cm³/mol. The maximum Gasteiger partial charge on any atom is 0.127 e. The van der Waals surface area contributed by atoms with Crippen LogP contribution in [-0.4, -0.2) is 0 Å². The smallest absolute Gasteiger partial charge is 0.127 e. The summed E-state index contributed by atoms with van der Waals surface area (Å²) in [5.74, 6) is -0.425. The zero-order chi connectivity index (χ0) is 13.1. The third-order valence-electron chi connectivity index (χ3n) is 2.52. The number of hydrogen-bond donors (Lipinski definition) is 0.